The average Bonchev–Trinajstić information content (AvgIpc) is 2.59. The van der Waals surface area contributed by atoms with Gasteiger partial charge in [0.1, 0.15) is 5.75 Å². The summed E-state index contributed by atoms with van der Waals surface area (Å²) in [4.78, 5) is 23.4. The molecule has 0 saturated heterocycles. The monoisotopic (exact) mass is 501 g/mol. The Morgan fingerprint density at radius 1 is 1.15 bits per heavy atom. The first kappa shape index (κ1) is 20.6. The van der Waals surface area contributed by atoms with E-state index in [1.54, 1.807) is 19.9 Å². The van der Waals surface area contributed by atoms with Crippen molar-refractivity contribution in [3.63, 3.8) is 0 Å². The van der Waals surface area contributed by atoms with Crippen LogP contribution in [0, 0.1) is 5.92 Å². The van der Waals surface area contributed by atoms with Gasteiger partial charge in [-0.3, -0.25) is 20.4 Å². The molecule has 0 radical (unpaired) electrons. The van der Waals surface area contributed by atoms with Crippen LogP contribution in [-0.4, -0.2) is 23.5 Å². The van der Waals surface area contributed by atoms with Crippen LogP contribution in [-0.2, 0) is 9.59 Å². The van der Waals surface area contributed by atoms with Crippen LogP contribution in [0.5, 0.6) is 5.75 Å². The number of carbonyl (C=O) groups excluding carboxylic acids is 2. The summed E-state index contributed by atoms with van der Waals surface area (Å²) in [6.07, 6.45) is 0. The van der Waals surface area contributed by atoms with Gasteiger partial charge in [0, 0.05) is 10.4 Å². The third-order valence-electron chi connectivity index (χ3n) is 3.32. The van der Waals surface area contributed by atoms with E-state index in [2.05, 4.69) is 48.0 Å². The predicted octanol–water partition coefficient (Wildman–Crippen LogP) is 3.42. The van der Waals surface area contributed by atoms with Crippen molar-refractivity contribution in [3.05, 3.63) is 39.3 Å². The first-order valence-electron chi connectivity index (χ1n) is 7.68. The summed E-state index contributed by atoms with van der Waals surface area (Å²) in [7, 11) is 0. The van der Waals surface area contributed by atoms with E-state index in [0.29, 0.717) is 5.75 Å². The minimum atomic E-state index is -0.436. The van der Waals surface area contributed by atoms with Crippen LogP contribution in [0.3, 0.4) is 0 Å². The molecule has 0 aliphatic carbocycles. The molecule has 3 N–H and O–H groups in total. The topological polar surface area (TPSA) is 79.5 Å². The zero-order valence-electron chi connectivity index (χ0n) is 14.1. The summed E-state index contributed by atoms with van der Waals surface area (Å²) in [5, 5.41) is 4.49. The van der Waals surface area contributed by atoms with Crippen molar-refractivity contribution in [1.82, 2.24) is 16.2 Å². The maximum atomic E-state index is 11.9. The minimum Gasteiger partial charge on any atom is -0.483 e. The van der Waals surface area contributed by atoms with Crippen molar-refractivity contribution in [2.75, 3.05) is 6.61 Å². The second kappa shape index (κ2) is 9.29. The number of hydrazine groups is 1. The summed E-state index contributed by atoms with van der Waals surface area (Å²) < 4.78 is 7.30. The summed E-state index contributed by atoms with van der Waals surface area (Å²) in [5.41, 5.74) is 4.83. The van der Waals surface area contributed by atoms with E-state index < -0.39 is 5.91 Å². The van der Waals surface area contributed by atoms with E-state index in [9.17, 15) is 9.59 Å². The second-order valence-electron chi connectivity index (χ2n) is 5.68. The highest BCUT2D eigenvalue weighted by molar-refractivity contribution is 9.11. The number of ether oxygens (including phenoxy) is 1. The van der Waals surface area contributed by atoms with Gasteiger partial charge in [0.05, 0.1) is 4.47 Å². The van der Waals surface area contributed by atoms with E-state index >= 15 is 0 Å². The molecule has 6 nitrogen and oxygen atoms in total. The summed E-state index contributed by atoms with van der Waals surface area (Å²) in [6.45, 7) is 3.27. The van der Waals surface area contributed by atoms with E-state index in [1.807, 2.05) is 24.3 Å². The highest BCUT2D eigenvalue weighted by atomic mass is 79.9. The fourth-order valence-electron chi connectivity index (χ4n) is 1.95. The van der Waals surface area contributed by atoms with Gasteiger partial charge in [-0.2, -0.15) is 0 Å². The molecule has 0 saturated carbocycles. The molecule has 2 aromatic carbocycles. The molecule has 0 spiro atoms. The Labute approximate surface area is 173 Å². The molecular weight excluding hydrogens is 486 g/mol. The van der Waals surface area contributed by atoms with Crippen molar-refractivity contribution < 1.29 is 14.3 Å². The number of thiocarbonyl (C=S) groups is 1. The molecule has 138 valence electrons. The Hall–Kier alpha value is -1.71. The maximum absolute atomic E-state index is 11.9. The van der Waals surface area contributed by atoms with Gasteiger partial charge in [-0.25, -0.2) is 0 Å². The minimum absolute atomic E-state index is 0.0227. The third-order valence-corrected chi connectivity index (χ3v) is 4.83. The van der Waals surface area contributed by atoms with Gasteiger partial charge in [0.2, 0.25) is 5.91 Å². The van der Waals surface area contributed by atoms with Gasteiger partial charge >= 0.3 is 0 Å². The van der Waals surface area contributed by atoms with Gasteiger partial charge in [-0.1, -0.05) is 41.9 Å². The summed E-state index contributed by atoms with van der Waals surface area (Å²) in [5.74, 6) is -0.334. The molecule has 9 heteroatoms. The lowest BCUT2D eigenvalue weighted by Gasteiger charge is -2.13. The number of nitrogens with one attached hydrogen (secondary N) is 3. The molecule has 0 unspecified atom stereocenters. The van der Waals surface area contributed by atoms with Crippen molar-refractivity contribution in [2.45, 2.75) is 13.8 Å². The number of hydrogen-bond acceptors (Lipinski definition) is 4. The molecular formula is C17H17Br2N3O3S. The summed E-state index contributed by atoms with van der Waals surface area (Å²) in [6, 6.07) is 9.57. The molecule has 0 atom stereocenters. The largest absolute Gasteiger partial charge is 0.483 e. The van der Waals surface area contributed by atoms with Gasteiger partial charge in [0.15, 0.2) is 11.7 Å². The van der Waals surface area contributed by atoms with Crippen LogP contribution in [0.15, 0.2) is 39.3 Å². The molecule has 0 aliphatic rings. The van der Waals surface area contributed by atoms with E-state index in [1.165, 1.54) is 0 Å². The number of hydrogen-bond donors (Lipinski definition) is 3. The van der Waals surface area contributed by atoms with E-state index in [-0.39, 0.29) is 23.5 Å². The van der Waals surface area contributed by atoms with Crippen molar-refractivity contribution in [1.29, 1.82) is 0 Å². The molecule has 2 rings (SSSR count). The standard InChI is InChI=1S/C17H17Br2N3O3S/c1-9(2)16(24)20-17(26)22-21-14(23)8-25-13-6-3-10-7-11(18)4-5-12(10)15(13)19/h3-7,9H,8H2,1-2H3,(H,21,23)(H2,20,22,24,26). The molecule has 0 fully saturated rings. The normalized spacial score (nSPS) is 10.5. The molecule has 0 aromatic heterocycles. The Balaban J connectivity index is 1.88. The van der Waals surface area contributed by atoms with Gasteiger partial charge < -0.3 is 10.1 Å². The number of benzene rings is 2. The Morgan fingerprint density at radius 2 is 1.88 bits per heavy atom. The molecule has 26 heavy (non-hydrogen) atoms. The molecule has 2 aromatic rings. The maximum Gasteiger partial charge on any atom is 0.276 e. The third kappa shape index (κ3) is 5.65. The molecule has 2 amide bonds. The van der Waals surface area contributed by atoms with E-state index in [0.717, 1.165) is 19.7 Å². The Morgan fingerprint density at radius 3 is 2.58 bits per heavy atom. The fraction of sp³-hybridized carbons (Fsp3) is 0.235. The first-order valence-corrected chi connectivity index (χ1v) is 9.67. The smallest absolute Gasteiger partial charge is 0.276 e. The number of carbonyl (C=O) groups is 2. The number of halogens is 2. The van der Waals surface area contributed by atoms with E-state index in [4.69, 9.17) is 17.0 Å². The molecule has 0 heterocycles. The lowest BCUT2D eigenvalue weighted by Crippen LogP contribution is -2.50. The zero-order valence-corrected chi connectivity index (χ0v) is 18.0. The van der Waals surface area contributed by atoms with Gasteiger partial charge in [-0.05, 0) is 57.1 Å². The number of rotatable bonds is 4. The number of fused-ring (bicyclic) bond motifs is 1. The molecule has 0 aliphatic heterocycles. The van der Waals surface area contributed by atoms with Crippen LogP contribution >= 0.6 is 44.1 Å². The Kier molecular flexibility index (Phi) is 7.36. The van der Waals surface area contributed by atoms with Crippen molar-refractivity contribution in [2.24, 2.45) is 5.92 Å². The highest BCUT2D eigenvalue weighted by Crippen LogP contribution is 2.34. The van der Waals surface area contributed by atoms with Crippen LogP contribution in [0.1, 0.15) is 13.8 Å². The molecule has 0 bridgehead atoms. The average molecular weight is 503 g/mol. The fourth-order valence-corrected chi connectivity index (χ4v) is 3.09. The summed E-state index contributed by atoms with van der Waals surface area (Å²) >= 11 is 11.9. The quantitative estimate of drug-likeness (QED) is 0.441. The van der Waals surface area contributed by atoms with Gasteiger partial charge in [-0.15, -0.1) is 0 Å². The van der Waals surface area contributed by atoms with Crippen LogP contribution in [0.25, 0.3) is 10.8 Å². The van der Waals surface area contributed by atoms with Crippen LogP contribution < -0.4 is 20.9 Å². The highest BCUT2D eigenvalue weighted by Gasteiger charge is 2.11. The second-order valence-corrected chi connectivity index (χ2v) is 7.79. The Bertz CT molecular complexity index is 859. The van der Waals surface area contributed by atoms with Gasteiger partial charge in [0.25, 0.3) is 5.91 Å². The van der Waals surface area contributed by atoms with Crippen molar-refractivity contribution in [3.8, 4) is 5.75 Å². The lowest BCUT2D eigenvalue weighted by molar-refractivity contribution is -0.124. The SMILES string of the molecule is CC(C)C(=O)NC(=S)NNC(=O)COc1ccc2cc(Br)ccc2c1Br. The predicted molar refractivity (Wildman–Crippen MR) is 112 cm³/mol. The lowest BCUT2D eigenvalue weighted by atomic mass is 10.1. The zero-order chi connectivity index (χ0) is 19.3. The van der Waals surface area contributed by atoms with Crippen molar-refractivity contribution >= 4 is 71.8 Å². The first-order chi connectivity index (χ1) is 12.3. The van der Waals surface area contributed by atoms with Crippen LogP contribution in [0.4, 0.5) is 0 Å². The number of amides is 2. The van der Waals surface area contributed by atoms with Crippen LogP contribution in [0.2, 0.25) is 0 Å².